The van der Waals surface area contributed by atoms with Gasteiger partial charge in [-0.3, -0.25) is 4.90 Å². The van der Waals surface area contributed by atoms with E-state index in [1.165, 1.54) is 11.1 Å². The molecule has 0 radical (unpaired) electrons. The van der Waals surface area contributed by atoms with E-state index >= 15 is 0 Å². The van der Waals surface area contributed by atoms with E-state index in [9.17, 15) is 5.11 Å². The van der Waals surface area contributed by atoms with Crippen LogP contribution in [0, 0.1) is 6.92 Å². The highest BCUT2D eigenvalue weighted by atomic mass is 16.7. The Morgan fingerprint density at radius 1 is 0.903 bits per heavy atom. The molecule has 3 aromatic carbocycles. The van der Waals surface area contributed by atoms with Gasteiger partial charge in [-0.15, -0.1) is 0 Å². The summed E-state index contributed by atoms with van der Waals surface area (Å²) in [7, 11) is 0. The molecule has 0 amide bonds. The summed E-state index contributed by atoms with van der Waals surface area (Å²) in [5, 5.41) is 10.7. The second-order valence-electron chi connectivity index (χ2n) is 7.94. The van der Waals surface area contributed by atoms with Crippen molar-refractivity contribution in [3.63, 3.8) is 0 Å². The molecule has 0 aliphatic carbocycles. The van der Waals surface area contributed by atoms with Crippen molar-refractivity contribution in [2.45, 2.75) is 32.7 Å². The highest BCUT2D eigenvalue weighted by Crippen LogP contribution is 2.33. The zero-order chi connectivity index (χ0) is 21.5. The molecule has 0 unspecified atom stereocenters. The summed E-state index contributed by atoms with van der Waals surface area (Å²) in [6.45, 7) is 5.13. The van der Waals surface area contributed by atoms with Gasteiger partial charge in [-0.25, -0.2) is 0 Å². The van der Waals surface area contributed by atoms with Crippen molar-refractivity contribution in [2.75, 3.05) is 19.9 Å². The molecule has 0 aromatic heterocycles. The van der Waals surface area contributed by atoms with Crippen molar-refractivity contribution >= 4 is 0 Å². The van der Waals surface area contributed by atoms with Gasteiger partial charge in [0.25, 0.3) is 0 Å². The van der Waals surface area contributed by atoms with Crippen molar-refractivity contribution in [1.82, 2.24) is 4.90 Å². The van der Waals surface area contributed by atoms with Crippen LogP contribution in [-0.4, -0.2) is 36.1 Å². The Balaban J connectivity index is 1.39. The smallest absolute Gasteiger partial charge is 0.231 e. The largest absolute Gasteiger partial charge is 0.454 e. The Bertz CT molecular complexity index is 976. The number of aliphatic hydroxyl groups is 1. The van der Waals surface area contributed by atoms with Crippen molar-refractivity contribution < 1.29 is 19.3 Å². The molecule has 0 saturated carbocycles. The fourth-order valence-electron chi connectivity index (χ4n) is 3.75. The van der Waals surface area contributed by atoms with Crippen molar-refractivity contribution in [3.8, 4) is 11.5 Å². The van der Waals surface area contributed by atoms with Crippen LogP contribution in [0.1, 0.15) is 22.3 Å². The average molecular weight is 420 g/mol. The Morgan fingerprint density at radius 3 is 2.52 bits per heavy atom. The van der Waals surface area contributed by atoms with Crippen LogP contribution in [0.3, 0.4) is 0 Å². The highest BCUT2D eigenvalue weighted by Gasteiger charge is 2.17. The SMILES string of the molecule is Cc1ccccc1CN(Cc1ccc2c(c1)OCO2)C[C@@H](O)COCc1ccccc1. The lowest BCUT2D eigenvalue weighted by atomic mass is 10.1. The fraction of sp³-hybridized carbons (Fsp3) is 0.308. The van der Waals surface area contributed by atoms with Crippen LogP contribution < -0.4 is 9.47 Å². The molecule has 1 aliphatic heterocycles. The molecule has 31 heavy (non-hydrogen) atoms. The van der Waals surface area contributed by atoms with Gasteiger partial charge in [0.05, 0.1) is 19.3 Å². The van der Waals surface area contributed by atoms with Gasteiger partial charge < -0.3 is 19.3 Å². The maximum atomic E-state index is 10.7. The van der Waals surface area contributed by atoms with Crippen molar-refractivity contribution in [3.05, 3.63) is 95.1 Å². The number of fused-ring (bicyclic) bond motifs is 1. The van der Waals surface area contributed by atoms with E-state index in [2.05, 4.69) is 36.1 Å². The van der Waals surface area contributed by atoms with Gasteiger partial charge in [-0.1, -0.05) is 60.7 Å². The van der Waals surface area contributed by atoms with E-state index in [0.29, 0.717) is 26.3 Å². The van der Waals surface area contributed by atoms with E-state index < -0.39 is 6.10 Å². The fourth-order valence-corrected chi connectivity index (χ4v) is 3.75. The molecule has 3 aromatic rings. The maximum Gasteiger partial charge on any atom is 0.231 e. The van der Waals surface area contributed by atoms with Gasteiger partial charge in [-0.05, 0) is 41.3 Å². The Morgan fingerprint density at radius 2 is 1.68 bits per heavy atom. The minimum atomic E-state index is -0.582. The third-order valence-electron chi connectivity index (χ3n) is 5.39. The predicted molar refractivity (Wildman–Crippen MR) is 120 cm³/mol. The standard InChI is InChI=1S/C26H29NO4/c1-20-7-5-6-10-23(20)15-27(14-22-11-12-25-26(13-22)31-19-30-25)16-24(28)18-29-17-21-8-3-2-4-9-21/h2-13,24,28H,14-19H2,1H3/t24-/m1/s1. The summed E-state index contributed by atoms with van der Waals surface area (Å²) in [4.78, 5) is 2.25. The summed E-state index contributed by atoms with van der Waals surface area (Å²) < 4.78 is 16.7. The molecule has 1 atom stereocenters. The molecule has 5 nitrogen and oxygen atoms in total. The third kappa shape index (κ3) is 6.07. The normalized spacial score (nSPS) is 13.5. The molecule has 1 aliphatic rings. The number of rotatable bonds is 10. The number of hydrogen-bond acceptors (Lipinski definition) is 5. The minimum Gasteiger partial charge on any atom is -0.454 e. The van der Waals surface area contributed by atoms with Gasteiger partial charge in [-0.2, -0.15) is 0 Å². The molecule has 1 heterocycles. The lowest BCUT2D eigenvalue weighted by Gasteiger charge is -2.26. The van der Waals surface area contributed by atoms with E-state index in [1.807, 2.05) is 48.5 Å². The van der Waals surface area contributed by atoms with Gasteiger partial charge in [0.1, 0.15) is 0 Å². The maximum absolute atomic E-state index is 10.7. The van der Waals surface area contributed by atoms with Gasteiger partial charge >= 0.3 is 0 Å². The molecule has 162 valence electrons. The molecular weight excluding hydrogens is 390 g/mol. The average Bonchev–Trinajstić information content (AvgIpc) is 3.24. The quantitative estimate of drug-likeness (QED) is 0.531. The van der Waals surface area contributed by atoms with Gasteiger partial charge in [0.2, 0.25) is 6.79 Å². The van der Waals surface area contributed by atoms with Crippen LogP contribution in [0.4, 0.5) is 0 Å². The number of aryl methyl sites for hydroxylation is 1. The second-order valence-corrected chi connectivity index (χ2v) is 7.94. The first-order valence-electron chi connectivity index (χ1n) is 10.6. The summed E-state index contributed by atoms with van der Waals surface area (Å²) in [5.41, 5.74) is 4.72. The third-order valence-corrected chi connectivity index (χ3v) is 5.39. The molecule has 0 spiro atoms. The van der Waals surface area contributed by atoms with Crippen LogP contribution >= 0.6 is 0 Å². The molecule has 1 N–H and O–H groups in total. The molecular formula is C26H29NO4. The number of ether oxygens (including phenoxy) is 3. The monoisotopic (exact) mass is 419 g/mol. The molecule has 0 bridgehead atoms. The number of aliphatic hydroxyl groups excluding tert-OH is 1. The lowest BCUT2D eigenvalue weighted by Crippen LogP contribution is -2.34. The lowest BCUT2D eigenvalue weighted by molar-refractivity contribution is 0.00709. The topological polar surface area (TPSA) is 51.2 Å². The van der Waals surface area contributed by atoms with E-state index in [0.717, 1.165) is 29.2 Å². The Labute approximate surface area is 183 Å². The van der Waals surface area contributed by atoms with Crippen LogP contribution in [0.2, 0.25) is 0 Å². The zero-order valence-corrected chi connectivity index (χ0v) is 17.9. The summed E-state index contributed by atoms with van der Waals surface area (Å²) in [5.74, 6) is 1.56. The Kier molecular flexibility index (Phi) is 7.20. The number of nitrogens with zero attached hydrogens (tertiary/aromatic N) is 1. The summed E-state index contributed by atoms with van der Waals surface area (Å²) in [6.07, 6.45) is -0.582. The van der Waals surface area contributed by atoms with E-state index in [-0.39, 0.29) is 6.79 Å². The van der Waals surface area contributed by atoms with Crippen LogP contribution in [-0.2, 0) is 24.4 Å². The van der Waals surface area contributed by atoms with E-state index in [4.69, 9.17) is 14.2 Å². The molecule has 0 saturated heterocycles. The Hall–Kier alpha value is -2.86. The number of benzene rings is 3. The van der Waals surface area contributed by atoms with E-state index in [1.54, 1.807) is 0 Å². The first kappa shape index (κ1) is 21.4. The summed E-state index contributed by atoms with van der Waals surface area (Å²) in [6, 6.07) is 24.4. The predicted octanol–water partition coefficient (Wildman–Crippen LogP) is 4.30. The first-order chi connectivity index (χ1) is 15.2. The van der Waals surface area contributed by atoms with Crippen molar-refractivity contribution in [1.29, 1.82) is 0 Å². The molecule has 0 fully saturated rings. The van der Waals surface area contributed by atoms with Crippen LogP contribution in [0.5, 0.6) is 11.5 Å². The van der Waals surface area contributed by atoms with Gasteiger partial charge in [0, 0.05) is 19.6 Å². The van der Waals surface area contributed by atoms with Crippen LogP contribution in [0.25, 0.3) is 0 Å². The van der Waals surface area contributed by atoms with Crippen molar-refractivity contribution in [2.24, 2.45) is 0 Å². The second kappa shape index (κ2) is 10.4. The number of hydrogen-bond donors (Lipinski definition) is 1. The van der Waals surface area contributed by atoms with Crippen LogP contribution in [0.15, 0.2) is 72.8 Å². The molecule has 5 heteroatoms. The first-order valence-corrected chi connectivity index (χ1v) is 10.6. The van der Waals surface area contributed by atoms with Gasteiger partial charge in [0.15, 0.2) is 11.5 Å². The molecule has 4 rings (SSSR count). The highest BCUT2D eigenvalue weighted by molar-refractivity contribution is 5.44. The summed E-state index contributed by atoms with van der Waals surface area (Å²) >= 11 is 0. The zero-order valence-electron chi connectivity index (χ0n) is 17.9. The minimum absolute atomic E-state index is 0.267.